The van der Waals surface area contributed by atoms with Crippen LogP contribution >= 0.6 is 22.6 Å². The molecule has 0 aliphatic rings. The molecule has 0 saturated carbocycles. The second-order valence-corrected chi connectivity index (χ2v) is 6.16. The molecular weight excluding hydrogens is 435 g/mol. The summed E-state index contributed by atoms with van der Waals surface area (Å²) < 4.78 is 21.5. The number of rotatable bonds is 7. The zero-order valence-corrected chi connectivity index (χ0v) is 16.6. The minimum absolute atomic E-state index is 0.130. The summed E-state index contributed by atoms with van der Waals surface area (Å²) in [6, 6.07) is 10.6. The normalized spacial score (nSPS) is 11.0. The summed E-state index contributed by atoms with van der Waals surface area (Å²) in [6.07, 6.45) is 1.79. The molecule has 0 saturated heterocycles. The predicted molar refractivity (Wildman–Crippen MR) is 105 cm³/mol. The Morgan fingerprint density at radius 2 is 1.52 bits per heavy atom. The average Bonchev–Trinajstić information content (AvgIpc) is 2.66. The standard InChI is InChI=1S/C19H19IO5/c1-22-13-6-7-14(17(11-13)24-3)19(21)15(20)9-12-5-8-16(23-2)18(10-12)25-4/h5-11H,1-4H3/b15-9+. The van der Waals surface area contributed by atoms with Gasteiger partial charge in [0.2, 0.25) is 5.78 Å². The SMILES string of the molecule is COc1ccc(C(=O)/C(I)=C\c2ccc(OC)c(OC)c2)c(OC)c1. The number of ketones is 1. The molecule has 0 aliphatic heterocycles. The van der Waals surface area contributed by atoms with Crippen LogP contribution in [-0.2, 0) is 0 Å². The molecule has 0 unspecified atom stereocenters. The molecule has 25 heavy (non-hydrogen) atoms. The van der Waals surface area contributed by atoms with Crippen LogP contribution in [0.15, 0.2) is 40.0 Å². The Morgan fingerprint density at radius 1 is 0.840 bits per heavy atom. The van der Waals surface area contributed by atoms with E-state index in [1.807, 2.05) is 34.7 Å². The van der Waals surface area contributed by atoms with E-state index in [4.69, 9.17) is 18.9 Å². The summed E-state index contributed by atoms with van der Waals surface area (Å²) in [5, 5.41) is 0. The first-order valence-corrected chi connectivity index (χ1v) is 8.47. The fourth-order valence-corrected chi connectivity index (χ4v) is 2.92. The van der Waals surface area contributed by atoms with Gasteiger partial charge in [0.05, 0.1) is 37.6 Å². The molecule has 6 heteroatoms. The first-order valence-electron chi connectivity index (χ1n) is 7.40. The highest BCUT2D eigenvalue weighted by Gasteiger charge is 2.16. The van der Waals surface area contributed by atoms with Gasteiger partial charge in [0, 0.05) is 6.07 Å². The molecule has 2 rings (SSSR count). The number of hydrogen-bond acceptors (Lipinski definition) is 5. The summed E-state index contributed by atoms with van der Waals surface area (Å²) in [7, 11) is 6.24. The van der Waals surface area contributed by atoms with Gasteiger partial charge < -0.3 is 18.9 Å². The van der Waals surface area contributed by atoms with E-state index >= 15 is 0 Å². The fourth-order valence-electron chi connectivity index (χ4n) is 2.27. The van der Waals surface area contributed by atoms with Crippen LogP contribution < -0.4 is 18.9 Å². The number of ether oxygens (including phenoxy) is 4. The molecule has 0 spiro atoms. The molecule has 2 aromatic rings. The van der Waals surface area contributed by atoms with Crippen molar-refractivity contribution in [1.29, 1.82) is 0 Å². The molecule has 0 N–H and O–H groups in total. The Balaban J connectivity index is 2.35. The summed E-state index contributed by atoms with van der Waals surface area (Å²) in [6.45, 7) is 0. The Morgan fingerprint density at radius 3 is 2.12 bits per heavy atom. The Kier molecular flexibility index (Phi) is 6.69. The number of methoxy groups -OCH3 is 4. The molecule has 0 aromatic heterocycles. The predicted octanol–water partition coefficient (Wildman–Crippen LogP) is 4.38. The van der Waals surface area contributed by atoms with Crippen LogP contribution in [0.3, 0.4) is 0 Å². The third kappa shape index (κ3) is 4.45. The number of benzene rings is 2. The van der Waals surface area contributed by atoms with Crippen LogP contribution in [0.1, 0.15) is 15.9 Å². The zero-order chi connectivity index (χ0) is 18.4. The van der Waals surface area contributed by atoms with Crippen LogP contribution in [0.25, 0.3) is 6.08 Å². The van der Waals surface area contributed by atoms with Crippen molar-refractivity contribution in [3.8, 4) is 23.0 Å². The van der Waals surface area contributed by atoms with Gasteiger partial charge in [-0.15, -0.1) is 0 Å². The fraction of sp³-hybridized carbons (Fsp3) is 0.211. The number of Topliss-reactive ketones (excluding diaryl/α,β-unsaturated/α-hetero) is 1. The first-order chi connectivity index (χ1) is 12.0. The minimum Gasteiger partial charge on any atom is -0.497 e. The number of carbonyl (C=O) groups is 1. The van der Waals surface area contributed by atoms with E-state index in [9.17, 15) is 4.79 Å². The molecule has 2 aromatic carbocycles. The van der Waals surface area contributed by atoms with E-state index in [0.717, 1.165) is 5.56 Å². The van der Waals surface area contributed by atoms with Gasteiger partial charge in [-0.1, -0.05) is 6.07 Å². The van der Waals surface area contributed by atoms with Gasteiger partial charge in [-0.2, -0.15) is 0 Å². The minimum atomic E-state index is -0.130. The molecule has 132 valence electrons. The van der Waals surface area contributed by atoms with Crippen molar-refractivity contribution >= 4 is 34.5 Å². The van der Waals surface area contributed by atoms with Crippen LogP contribution in [0.4, 0.5) is 0 Å². The lowest BCUT2D eigenvalue weighted by Crippen LogP contribution is -2.02. The van der Waals surface area contributed by atoms with Crippen LogP contribution in [0.5, 0.6) is 23.0 Å². The van der Waals surface area contributed by atoms with Crippen LogP contribution in [-0.4, -0.2) is 34.2 Å². The van der Waals surface area contributed by atoms with E-state index in [1.54, 1.807) is 51.7 Å². The number of allylic oxidation sites excluding steroid dienone is 1. The number of hydrogen-bond donors (Lipinski definition) is 0. The first kappa shape index (κ1) is 19.1. The monoisotopic (exact) mass is 454 g/mol. The van der Waals surface area contributed by atoms with Crippen molar-refractivity contribution in [2.24, 2.45) is 0 Å². The van der Waals surface area contributed by atoms with Gasteiger partial charge in [0.1, 0.15) is 11.5 Å². The molecule has 0 fully saturated rings. The highest BCUT2D eigenvalue weighted by Crippen LogP contribution is 2.31. The lowest BCUT2D eigenvalue weighted by atomic mass is 10.1. The molecule has 0 radical (unpaired) electrons. The average molecular weight is 454 g/mol. The molecule has 0 bridgehead atoms. The van der Waals surface area contributed by atoms with Gasteiger partial charge >= 0.3 is 0 Å². The Hall–Kier alpha value is -2.22. The highest BCUT2D eigenvalue weighted by molar-refractivity contribution is 14.1. The van der Waals surface area contributed by atoms with Crippen molar-refractivity contribution in [1.82, 2.24) is 0 Å². The topological polar surface area (TPSA) is 54.0 Å². The van der Waals surface area contributed by atoms with Crippen molar-refractivity contribution in [2.45, 2.75) is 0 Å². The van der Waals surface area contributed by atoms with Crippen molar-refractivity contribution < 1.29 is 23.7 Å². The molecule has 0 amide bonds. The third-order valence-electron chi connectivity index (χ3n) is 3.57. The second-order valence-electron chi connectivity index (χ2n) is 5.00. The second kappa shape index (κ2) is 8.75. The molecular formula is C19H19IO5. The summed E-state index contributed by atoms with van der Waals surface area (Å²) in [5.74, 6) is 2.22. The van der Waals surface area contributed by atoms with Crippen molar-refractivity contribution in [3.63, 3.8) is 0 Å². The maximum atomic E-state index is 12.8. The van der Waals surface area contributed by atoms with Gasteiger partial charge in [-0.05, 0) is 58.5 Å². The Labute approximate surface area is 160 Å². The van der Waals surface area contributed by atoms with E-state index in [-0.39, 0.29) is 5.78 Å². The molecule has 0 heterocycles. The van der Waals surface area contributed by atoms with E-state index in [2.05, 4.69) is 0 Å². The van der Waals surface area contributed by atoms with E-state index < -0.39 is 0 Å². The lowest BCUT2D eigenvalue weighted by molar-refractivity contribution is 0.104. The Bertz CT molecular complexity index is 798. The smallest absolute Gasteiger partial charge is 0.202 e. The molecule has 0 aliphatic carbocycles. The quantitative estimate of drug-likeness (QED) is 0.353. The molecule has 0 atom stereocenters. The van der Waals surface area contributed by atoms with Crippen LogP contribution in [0, 0.1) is 0 Å². The largest absolute Gasteiger partial charge is 0.497 e. The maximum Gasteiger partial charge on any atom is 0.202 e. The molecule has 5 nitrogen and oxygen atoms in total. The van der Waals surface area contributed by atoms with Crippen LogP contribution in [0.2, 0.25) is 0 Å². The maximum absolute atomic E-state index is 12.8. The number of carbonyl (C=O) groups excluding carboxylic acids is 1. The van der Waals surface area contributed by atoms with E-state index in [0.29, 0.717) is 32.1 Å². The highest BCUT2D eigenvalue weighted by atomic mass is 127. The summed E-state index contributed by atoms with van der Waals surface area (Å²) in [5.41, 5.74) is 1.31. The van der Waals surface area contributed by atoms with Gasteiger partial charge in [-0.3, -0.25) is 4.79 Å². The summed E-state index contributed by atoms with van der Waals surface area (Å²) >= 11 is 2.02. The van der Waals surface area contributed by atoms with Gasteiger partial charge in [-0.25, -0.2) is 0 Å². The van der Waals surface area contributed by atoms with E-state index in [1.165, 1.54) is 7.11 Å². The van der Waals surface area contributed by atoms with Gasteiger partial charge in [0.15, 0.2) is 11.5 Å². The zero-order valence-electron chi connectivity index (χ0n) is 14.5. The number of halogens is 1. The van der Waals surface area contributed by atoms with Gasteiger partial charge in [0.25, 0.3) is 0 Å². The van der Waals surface area contributed by atoms with Crippen molar-refractivity contribution in [2.75, 3.05) is 28.4 Å². The lowest BCUT2D eigenvalue weighted by Gasteiger charge is -2.10. The summed E-state index contributed by atoms with van der Waals surface area (Å²) in [4.78, 5) is 12.8. The third-order valence-corrected chi connectivity index (χ3v) is 4.37. The van der Waals surface area contributed by atoms with Crippen molar-refractivity contribution in [3.05, 3.63) is 51.1 Å².